The van der Waals surface area contributed by atoms with Crippen molar-refractivity contribution in [3.05, 3.63) is 64.5 Å². The Bertz CT molecular complexity index is 987. The summed E-state index contributed by atoms with van der Waals surface area (Å²) in [5.74, 6) is -0.174. The number of hydrogen-bond acceptors (Lipinski definition) is 5. The third kappa shape index (κ3) is 3.51. The molecule has 4 heterocycles. The van der Waals surface area contributed by atoms with E-state index in [1.54, 1.807) is 10.9 Å². The molecule has 4 rings (SSSR count). The highest BCUT2D eigenvalue weighted by atomic mass is 16.2. The van der Waals surface area contributed by atoms with E-state index in [9.17, 15) is 9.59 Å². The first-order valence-electron chi connectivity index (χ1n) is 8.93. The summed E-state index contributed by atoms with van der Waals surface area (Å²) in [4.78, 5) is 30.5. The number of amides is 1. The number of carbonyl (C=O) groups excluding carboxylic acids is 1. The number of piperidine rings is 1. The number of aromatic nitrogens is 5. The van der Waals surface area contributed by atoms with Crippen molar-refractivity contribution in [3.63, 3.8) is 0 Å². The Hall–Kier alpha value is -3.29. The Morgan fingerprint density at radius 3 is 2.74 bits per heavy atom. The lowest BCUT2D eigenvalue weighted by molar-refractivity contribution is 0.0603. The second kappa shape index (κ2) is 7.14. The number of likely N-dealkylation sites (tertiary alicyclic amines) is 1. The molecule has 3 aromatic rings. The summed E-state index contributed by atoms with van der Waals surface area (Å²) in [5, 5.41) is 10.4. The number of rotatable bonds is 3. The van der Waals surface area contributed by atoms with Gasteiger partial charge in [-0.15, -0.1) is 0 Å². The van der Waals surface area contributed by atoms with Gasteiger partial charge in [0.15, 0.2) is 0 Å². The number of carbonyl (C=O) groups is 1. The van der Waals surface area contributed by atoms with Gasteiger partial charge < -0.3 is 4.90 Å². The molecule has 138 valence electrons. The molecule has 0 radical (unpaired) electrons. The molecule has 0 bridgehead atoms. The summed E-state index contributed by atoms with van der Waals surface area (Å²) in [6.45, 7) is 0.661. The molecule has 8 heteroatoms. The average Bonchev–Trinajstić information content (AvgIpc) is 3.14. The SMILES string of the molecule is Cn1cc(-c2ccc(C3CCCCN3C(=O)c3ccc(=O)[nH]n3)cn2)cn1. The molecule has 0 saturated carbocycles. The van der Waals surface area contributed by atoms with Crippen LogP contribution in [0.2, 0.25) is 0 Å². The quantitative estimate of drug-likeness (QED) is 0.766. The molecular weight excluding hydrogens is 344 g/mol. The maximum absolute atomic E-state index is 12.9. The van der Waals surface area contributed by atoms with Gasteiger partial charge in [-0.2, -0.15) is 10.2 Å². The van der Waals surface area contributed by atoms with Crippen molar-refractivity contribution in [2.75, 3.05) is 6.54 Å². The van der Waals surface area contributed by atoms with Crippen molar-refractivity contribution < 1.29 is 4.79 Å². The summed E-state index contributed by atoms with van der Waals surface area (Å²) in [5.41, 5.74) is 2.74. The standard InChI is InChI=1S/C19H20N6O2/c1-24-12-14(11-21-24)15-6-5-13(10-20-15)17-4-2-3-9-25(17)19(27)16-7-8-18(26)23-22-16/h5-8,10-12,17H,2-4,9H2,1H3,(H,23,26). The molecule has 1 aliphatic rings. The lowest BCUT2D eigenvalue weighted by Gasteiger charge is -2.35. The minimum absolute atomic E-state index is 0.0459. The summed E-state index contributed by atoms with van der Waals surface area (Å²) in [6, 6.07) is 6.73. The monoisotopic (exact) mass is 364 g/mol. The van der Waals surface area contributed by atoms with Gasteiger partial charge >= 0.3 is 0 Å². The second-order valence-corrected chi connectivity index (χ2v) is 6.70. The molecule has 1 unspecified atom stereocenters. The van der Waals surface area contributed by atoms with Gasteiger partial charge in [0.1, 0.15) is 5.69 Å². The number of pyridine rings is 1. The van der Waals surface area contributed by atoms with Gasteiger partial charge in [0, 0.05) is 37.6 Å². The zero-order valence-electron chi connectivity index (χ0n) is 15.0. The molecule has 1 N–H and O–H groups in total. The highest BCUT2D eigenvalue weighted by Gasteiger charge is 2.29. The van der Waals surface area contributed by atoms with Gasteiger partial charge in [0.05, 0.1) is 17.9 Å². The highest BCUT2D eigenvalue weighted by molar-refractivity contribution is 5.92. The fourth-order valence-electron chi connectivity index (χ4n) is 3.46. The average molecular weight is 364 g/mol. The number of H-pyrrole nitrogens is 1. The zero-order valence-corrected chi connectivity index (χ0v) is 15.0. The van der Waals surface area contributed by atoms with Crippen LogP contribution < -0.4 is 5.56 Å². The smallest absolute Gasteiger partial charge is 0.274 e. The number of hydrogen-bond donors (Lipinski definition) is 1. The number of aromatic amines is 1. The van der Waals surface area contributed by atoms with Crippen LogP contribution in [0.3, 0.4) is 0 Å². The van der Waals surface area contributed by atoms with E-state index in [0.717, 1.165) is 36.1 Å². The molecule has 1 fully saturated rings. The first kappa shape index (κ1) is 17.1. The molecular formula is C19H20N6O2. The zero-order chi connectivity index (χ0) is 18.8. The minimum Gasteiger partial charge on any atom is -0.330 e. The van der Waals surface area contributed by atoms with Gasteiger partial charge in [0.2, 0.25) is 0 Å². The first-order chi connectivity index (χ1) is 13.1. The number of aryl methyl sites for hydroxylation is 1. The Morgan fingerprint density at radius 2 is 2.07 bits per heavy atom. The van der Waals surface area contributed by atoms with Crippen molar-refractivity contribution in [2.45, 2.75) is 25.3 Å². The largest absolute Gasteiger partial charge is 0.330 e. The molecule has 3 aromatic heterocycles. The molecule has 8 nitrogen and oxygen atoms in total. The van der Waals surface area contributed by atoms with Crippen molar-refractivity contribution in [2.24, 2.45) is 7.05 Å². The predicted octanol–water partition coefficient (Wildman–Crippen LogP) is 1.93. The van der Waals surface area contributed by atoms with Crippen LogP contribution in [0.4, 0.5) is 0 Å². The summed E-state index contributed by atoms with van der Waals surface area (Å²) in [7, 11) is 1.87. The molecule has 1 amide bonds. The number of nitrogens with zero attached hydrogens (tertiary/aromatic N) is 5. The van der Waals surface area contributed by atoms with E-state index < -0.39 is 0 Å². The van der Waals surface area contributed by atoms with Crippen LogP contribution in [-0.2, 0) is 7.05 Å². The minimum atomic E-state index is -0.322. The van der Waals surface area contributed by atoms with E-state index >= 15 is 0 Å². The van der Waals surface area contributed by atoms with E-state index in [0.29, 0.717) is 6.54 Å². The second-order valence-electron chi connectivity index (χ2n) is 6.70. The number of nitrogens with one attached hydrogen (secondary N) is 1. The van der Waals surface area contributed by atoms with E-state index in [1.807, 2.05) is 36.5 Å². The van der Waals surface area contributed by atoms with E-state index in [2.05, 4.69) is 20.3 Å². The van der Waals surface area contributed by atoms with Crippen LogP contribution in [0.1, 0.15) is 41.4 Å². The maximum Gasteiger partial charge on any atom is 0.274 e. The molecule has 0 spiro atoms. The van der Waals surface area contributed by atoms with Crippen LogP contribution in [0, 0.1) is 0 Å². The van der Waals surface area contributed by atoms with Crippen LogP contribution in [0.15, 0.2) is 47.7 Å². The van der Waals surface area contributed by atoms with Crippen LogP contribution >= 0.6 is 0 Å². The highest BCUT2D eigenvalue weighted by Crippen LogP contribution is 2.32. The normalized spacial score (nSPS) is 17.1. The lowest BCUT2D eigenvalue weighted by Crippen LogP contribution is -2.39. The van der Waals surface area contributed by atoms with Crippen molar-refractivity contribution in [3.8, 4) is 11.3 Å². The van der Waals surface area contributed by atoms with Crippen molar-refractivity contribution in [1.82, 2.24) is 29.9 Å². The summed E-state index contributed by atoms with van der Waals surface area (Å²) >= 11 is 0. The van der Waals surface area contributed by atoms with Crippen LogP contribution in [0.25, 0.3) is 11.3 Å². The Kier molecular flexibility index (Phi) is 4.53. The topological polar surface area (TPSA) is 96.8 Å². The lowest BCUT2D eigenvalue weighted by atomic mass is 9.95. The van der Waals surface area contributed by atoms with E-state index in [4.69, 9.17) is 0 Å². The van der Waals surface area contributed by atoms with Gasteiger partial charge in [-0.25, -0.2) is 5.10 Å². The molecule has 1 aliphatic heterocycles. The van der Waals surface area contributed by atoms with Crippen molar-refractivity contribution >= 4 is 5.91 Å². The van der Waals surface area contributed by atoms with Gasteiger partial charge in [-0.3, -0.25) is 19.3 Å². The maximum atomic E-state index is 12.9. The fraction of sp³-hybridized carbons (Fsp3) is 0.316. The summed E-state index contributed by atoms with van der Waals surface area (Å²) < 4.78 is 1.74. The molecule has 0 aliphatic carbocycles. The third-order valence-electron chi connectivity index (χ3n) is 4.83. The van der Waals surface area contributed by atoms with Gasteiger partial charge in [-0.05, 0) is 37.0 Å². The Balaban J connectivity index is 1.59. The Labute approximate surface area is 155 Å². The van der Waals surface area contributed by atoms with Gasteiger partial charge in [0.25, 0.3) is 11.5 Å². The summed E-state index contributed by atoms with van der Waals surface area (Å²) in [6.07, 6.45) is 8.41. The van der Waals surface area contributed by atoms with E-state index in [-0.39, 0.29) is 23.2 Å². The van der Waals surface area contributed by atoms with Crippen molar-refractivity contribution in [1.29, 1.82) is 0 Å². The van der Waals surface area contributed by atoms with Crippen LogP contribution in [-0.4, -0.2) is 42.3 Å². The third-order valence-corrected chi connectivity index (χ3v) is 4.83. The van der Waals surface area contributed by atoms with Gasteiger partial charge in [-0.1, -0.05) is 6.07 Å². The molecule has 1 saturated heterocycles. The first-order valence-corrected chi connectivity index (χ1v) is 8.93. The predicted molar refractivity (Wildman–Crippen MR) is 98.9 cm³/mol. The molecule has 27 heavy (non-hydrogen) atoms. The van der Waals surface area contributed by atoms with E-state index in [1.165, 1.54) is 12.1 Å². The molecule has 0 aromatic carbocycles. The molecule has 1 atom stereocenters. The Morgan fingerprint density at radius 1 is 1.19 bits per heavy atom. The van der Waals surface area contributed by atoms with Crippen LogP contribution in [0.5, 0.6) is 0 Å². The fourth-order valence-corrected chi connectivity index (χ4v) is 3.46.